The van der Waals surface area contributed by atoms with E-state index >= 15 is 0 Å². The first-order valence-corrected chi connectivity index (χ1v) is 7.27. The molecule has 5 nitrogen and oxygen atoms in total. The number of hydrogen-bond donors (Lipinski definition) is 0. The fourth-order valence-electron chi connectivity index (χ4n) is 2.65. The minimum atomic E-state index is -0.351. The predicted molar refractivity (Wildman–Crippen MR) is 79.7 cm³/mol. The van der Waals surface area contributed by atoms with Gasteiger partial charge in [-0.25, -0.2) is 0 Å². The van der Waals surface area contributed by atoms with Gasteiger partial charge in [-0.05, 0) is 36.6 Å². The van der Waals surface area contributed by atoms with E-state index in [0.717, 1.165) is 17.5 Å². The molecular weight excluding hydrogens is 278 g/mol. The Balaban J connectivity index is 1.61. The smallest absolute Gasteiger partial charge is 0.310 e. The summed E-state index contributed by atoms with van der Waals surface area (Å²) < 4.78 is 7.28. The second kappa shape index (κ2) is 5.64. The van der Waals surface area contributed by atoms with E-state index < -0.39 is 0 Å². The van der Waals surface area contributed by atoms with E-state index in [1.54, 1.807) is 29.1 Å². The summed E-state index contributed by atoms with van der Waals surface area (Å²) in [7, 11) is 1.86. The van der Waals surface area contributed by atoms with E-state index in [1.807, 2.05) is 26.2 Å². The van der Waals surface area contributed by atoms with Crippen LogP contribution in [-0.4, -0.2) is 15.7 Å². The van der Waals surface area contributed by atoms with Crippen molar-refractivity contribution >= 4 is 5.97 Å². The van der Waals surface area contributed by atoms with Crippen molar-refractivity contribution in [1.82, 2.24) is 9.78 Å². The van der Waals surface area contributed by atoms with Gasteiger partial charge in [0, 0.05) is 19.2 Å². The highest BCUT2D eigenvalue weighted by Gasteiger charge is 2.46. The van der Waals surface area contributed by atoms with Crippen LogP contribution in [0.2, 0.25) is 0 Å². The minimum absolute atomic E-state index is 0.0780. The molecule has 1 saturated carbocycles. The fourth-order valence-corrected chi connectivity index (χ4v) is 2.65. The molecule has 1 aliphatic carbocycles. The highest BCUT2D eigenvalue weighted by atomic mass is 16.5. The van der Waals surface area contributed by atoms with Crippen LogP contribution in [0.25, 0.3) is 0 Å². The lowest BCUT2D eigenvalue weighted by Gasteiger charge is -2.13. The van der Waals surface area contributed by atoms with Gasteiger partial charge in [-0.15, -0.1) is 0 Å². The molecule has 1 aromatic heterocycles. The van der Waals surface area contributed by atoms with Crippen molar-refractivity contribution in [3.63, 3.8) is 0 Å². The van der Waals surface area contributed by atoms with E-state index in [-0.39, 0.29) is 23.9 Å². The van der Waals surface area contributed by atoms with Gasteiger partial charge in [-0.2, -0.15) is 10.4 Å². The molecule has 0 spiro atoms. The quantitative estimate of drug-likeness (QED) is 0.813. The van der Waals surface area contributed by atoms with Gasteiger partial charge in [0.05, 0.1) is 23.7 Å². The van der Waals surface area contributed by atoms with Gasteiger partial charge in [-0.3, -0.25) is 9.48 Å². The number of rotatable bonds is 4. The number of hydrogen-bond acceptors (Lipinski definition) is 4. The molecule has 0 saturated heterocycles. The molecule has 1 fully saturated rings. The van der Waals surface area contributed by atoms with Crippen LogP contribution in [0.1, 0.15) is 42.1 Å². The van der Waals surface area contributed by atoms with Gasteiger partial charge in [0.15, 0.2) is 0 Å². The zero-order valence-electron chi connectivity index (χ0n) is 12.6. The summed E-state index contributed by atoms with van der Waals surface area (Å²) in [5.74, 6) is -0.0339. The van der Waals surface area contributed by atoms with Crippen molar-refractivity contribution in [2.75, 3.05) is 0 Å². The van der Waals surface area contributed by atoms with E-state index in [1.165, 1.54) is 0 Å². The van der Waals surface area contributed by atoms with Crippen molar-refractivity contribution < 1.29 is 9.53 Å². The molecule has 0 N–H and O–H groups in total. The average Bonchev–Trinajstić information content (AvgIpc) is 3.22. The van der Waals surface area contributed by atoms with E-state index in [0.29, 0.717) is 5.56 Å². The molecule has 0 bridgehead atoms. The molecule has 1 heterocycles. The first kappa shape index (κ1) is 14.3. The van der Waals surface area contributed by atoms with Crippen molar-refractivity contribution in [3.8, 4) is 6.07 Å². The Morgan fingerprint density at radius 2 is 2.36 bits per heavy atom. The van der Waals surface area contributed by atoms with Crippen LogP contribution in [0.5, 0.6) is 0 Å². The topological polar surface area (TPSA) is 67.9 Å². The number of benzene rings is 1. The number of carbonyl (C=O) groups is 1. The highest BCUT2D eigenvalue weighted by Crippen LogP contribution is 2.48. The van der Waals surface area contributed by atoms with Crippen LogP contribution in [0.3, 0.4) is 0 Å². The van der Waals surface area contributed by atoms with Crippen molar-refractivity contribution in [2.45, 2.75) is 25.4 Å². The normalized spacial score (nSPS) is 21.0. The van der Waals surface area contributed by atoms with Crippen molar-refractivity contribution in [1.29, 1.82) is 5.26 Å². The predicted octanol–water partition coefficient (Wildman–Crippen LogP) is 2.70. The highest BCUT2D eigenvalue weighted by molar-refractivity contribution is 5.77. The standard InChI is InChI=1S/C17H17N3O2/c1-11(13-5-3-4-12(6-13)8-18)22-17(21)16-7-15(16)14-9-19-20(2)10-14/h3-6,9-11,15-16H,7H2,1-2H3/t11-,15-,16+/m0/s1. The van der Waals surface area contributed by atoms with Crippen LogP contribution in [0, 0.1) is 17.2 Å². The van der Waals surface area contributed by atoms with Gasteiger partial charge >= 0.3 is 5.97 Å². The lowest BCUT2D eigenvalue weighted by Crippen LogP contribution is -2.11. The maximum absolute atomic E-state index is 12.2. The number of nitrogens with zero attached hydrogens (tertiary/aromatic N) is 3. The van der Waals surface area contributed by atoms with Crippen LogP contribution in [0.15, 0.2) is 36.7 Å². The van der Waals surface area contributed by atoms with Gasteiger partial charge < -0.3 is 4.74 Å². The zero-order chi connectivity index (χ0) is 15.7. The number of aryl methyl sites for hydroxylation is 1. The third-order valence-electron chi connectivity index (χ3n) is 4.02. The lowest BCUT2D eigenvalue weighted by atomic mass is 10.1. The Kier molecular flexibility index (Phi) is 3.68. The molecule has 1 aromatic carbocycles. The Hall–Kier alpha value is -2.61. The Bertz CT molecular complexity index is 744. The Morgan fingerprint density at radius 3 is 3.05 bits per heavy atom. The summed E-state index contributed by atoms with van der Waals surface area (Å²) in [6.07, 6.45) is 4.21. The molecule has 22 heavy (non-hydrogen) atoms. The summed E-state index contributed by atoms with van der Waals surface area (Å²) in [5, 5.41) is 13.1. The first-order valence-electron chi connectivity index (χ1n) is 7.27. The molecule has 0 aliphatic heterocycles. The fraction of sp³-hybridized carbons (Fsp3) is 0.353. The van der Waals surface area contributed by atoms with Crippen LogP contribution in [0.4, 0.5) is 0 Å². The van der Waals surface area contributed by atoms with Gasteiger partial charge in [0.1, 0.15) is 6.10 Å². The number of aromatic nitrogens is 2. The summed E-state index contributed by atoms with van der Waals surface area (Å²) in [6, 6.07) is 9.24. The average molecular weight is 295 g/mol. The largest absolute Gasteiger partial charge is 0.458 e. The Morgan fingerprint density at radius 1 is 1.55 bits per heavy atom. The molecule has 3 rings (SSSR count). The second-order valence-corrected chi connectivity index (χ2v) is 5.71. The molecule has 0 amide bonds. The molecule has 2 aromatic rings. The molecule has 5 heteroatoms. The molecule has 112 valence electrons. The van der Waals surface area contributed by atoms with Gasteiger partial charge in [0.25, 0.3) is 0 Å². The van der Waals surface area contributed by atoms with Crippen LogP contribution < -0.4 is 0 Å². The van der Waals surface area contributed by atoms with E-state index in [9.17, 15) is 4.79 Å². The summed E-state index contributed by atoms with van der Waals surface area (Å²) >= 11 is 0. The van der Waals surface area contributed by atoms with E-state index in [2.05, 4.69) is 11.2 Å². The monoisotopic (exact) mass is 295 g/mol. The second-order valence-electron chi connectivity index (χ2n) is 5.71. The molecule has 0 unspecified atom stereocenters. The maximum Gasteiger partial charge on any atom is 0.310 e. The zero-order valence-corrected chi connectivity index (χ0v) is 12.6. The van der Waals surface area contributed by atoms with Gasteiger partial charge in [-0.1, -0.05) is 12.1 Å². The first-order chi connectivity index (χ1) is 10.6. The molecule has 1 aliphatic rings. The van der Waals surface area contributed by atoms with Gasteiger partial charge in [0.2, 0.25) is 0 Å². The number of nitriles is 1. The number of esters is 1. The van der Waals surface area contributed by atoms with Crippen molar-refractivity contribution in [3.05, 3.63) is 53.3 Å². The lowest BCUT2D eigenvalue weighted by molar-refractivity contribution is -0.150. The molecule has 3 atom stereocenters. The van der Waals surface area contributed by atoms with Crippen molar-refractivity contribution in [2.24, 2.45) is 13.0 Å². The molecule has 0 radical (unpaired) electrons. The minimum Gasteiger partial charge on any atom is -0.458 e. The summed E-state index contributed by atoms with van der Waals surface area (Å²) in [4.78, 5) is 12.2. The Labute approximate surface area is 129 Å². The van der Waals surface area contributed by atoms with E-state index in [4.69, 9.17) is 10.00 Å². The summed E-state index contributed by atoms with van der Waals surface area (Å²) in [6.45, 7) is 1.83. The number of ether oxygens (including phenoxy) is 1. The van der Waals surface area contributed by atoms with Crippen LogP contribution >= 0.6 is 0 Å². The van der Waals surface area contributed by atoms with Crippen LogP contribution in [-0.2, 0) is 16.6 Å². The third kappa shape index (κ3) is 2.86. The maximum atomic E-state index is 12.2. The third-order valence-corrected chi connectivity index (χ3v) is 4.02. The molecular formula is C17H17N3O2. The number of carbonyl (C=O) groups excluding carboxylic acids is 1. The SMILES string of the molecule is C[C@H](OC(=O)[C@@H]1C[C@H]1c1cnn(C)c1)c1cccc(C#N)c1. The summed E-state index contributed by atoms with van der Waals surface area (Å²) in [5.41, 5.74) is 2.50.